The van der Waals surface area contributed by atoms with Crippen molar-refractivity contribution in [3.05, 3.63) is 23.8 Å². The van der Waals surface area contributed by atoms with Crippen molar-refractivity contribution < 1.29 is 4.74 Å². The van der Waals surface area contributed by atoms with Gasteiger partial charge in [0, 0.05) is 0 Å². The average molecular weight is 205 g/mol. The van der Waals surface area contributed by atoms with Crippen molar-refractivity contribution in [2.75, 3.05) is 12.3 Å². The van der Waals surface area contributed by atoms with Gasteiger partial charge in [0.1, 0.15) is 5.75 Å². The van der Waals surface area contributed by atoms with Gasteiger partial charge in [0.15, 0.2) is 0 Å². The molecule has 0 aliphatic heterocycles. The van der Waals surface area contributed by atoms with Crippen LogP contribution in [-0.2, 0) is 0 Å². The number of hydrogen-bond acceptors (Lipinski definition) is 2. The molecule has 1 aromatic carbocycles. The maximum atomic E-state index is 5.86. The fraction of sp³-hybridized carbons (Fsp3) is 0.538. The Kier molecular flexibility index (Phi) is 3.14. The van der Waals surface area contributed by atoms with Crippen LogP contribution in [0, 0.1) is 12.8 Å². The Morgan fingerprint density at radius 1 is 1.40 bits per heavy atom. The molecule has 1 fully saturated rings. The summed E-state index contributed by atoms with van der Waals surface area (Å²) in [4.78, 5) is 0. The molecule has 82 valence electrons. The van der Waals surface area contributed by atoms with E-state index >= 15 is 0 Å². The third-order valence-corrected chi connectivity index (χ3v) is 3.24. The van der Waals surface area contributed by atoms with Crippen molar-refractivity contribution in [1.29, 1.82) is 0 Å². The number of nitrogen functional groups attached to an aromatic ring is 1. The maximum absolute atomic E-state index is 5.86. The first-order valence-electron chi connectivity index (χ1n) is 5.75. The summed E-state index contributed by atoms with van der Waals surface area (Å²) in [6.07, 6.45) is 5.34. The fourth-order valence-corrected chi connectivity index (χ4v) is 1.98. The standard InChI is InChI=1S/C13H19NO/c1-10-4-2-7-12(14)13(10)15-9-8-11-5-3-6-11/h2,4,7,11H,3,5-6,8-9,14H2,1H3. The predicted molar refractivity (Wildman–Crippen MR) is 63.0 cm³/mol. The molecule has 2 rings (SSSR count). The summed E-state index contributed by atoms with van der Waals surface area (Å²) in [6, 6.07) is 5.89. The monoisotopic (exact) mass is 205 g/mol. The molecular formula is C13H19NO. The third kappa shape index (κ3) is 2.44. The highest BCUT2D eigenvalue weighted by Gasteiger charge is 2.17. The van der Waals surface area contributed by atoms with Crippen molar-refractivity contribution in [3.8, 4) is 5.75 Å². The molecule has 0 aromatic heterocycles. The van der Waals surface area contributed by atoms with Gasteiger partial charge in [-0.15, -0.1) is 0 Å². The Labute approximate surface area is 91.4 Å². The van der Waals surface area contributed by atoms with Gasteiger partial charge < -0.3 is 10.5 Å². The van der Waals surface area contributed by atoms with E-state index < -0.39 is 0 Å². The van der Waals surface area contributed by atoms with Crippen molar-refractivity contribution in [1.82, 2.24) is 0 Å². The van der Waals surface area contributed by atoms with Gasteiger partial charge in [0.2, 0.25) is 0 Å². The first-order chi connectivity index (χ1) is 7.27. The van der Waals surface area contributed by atoms with Crippen molar-refractivity contribution >= 4 is 5.69 Å². The van der Waals surface area contributed by atoms with E-state index in [1.807, 2.05) is 25.1 Å². The molecule has 0 amide bonds. The van der Waals surface area contributed by atoms with Crippen LogP contribution in [0.15, 0.2) is 18.2 Å². The van der Waals surface area contributed by atoms with Gasteiger partial charge in [0.25, 0.3) is 0 Å². The quantitative estimate of drug-likeness (QED) is 0.766. The molecule has 0 heterocycles. The van der Waals surface area contributed by atoms with Crippen LogP contribution in [0.3, 0.4) is 0 Å². The van der Waals surface area contributed by atoms with E-state index in [2.05, 4.69) is 0 Å². The number of hydrogen-bond donors (Lipinski definition) is 1. The van der Waals surface area contributed by atoms with Gasteiger partial charge in [0.05, 0.1) is 12.3 Å². The summed E-state index contributed by atoms with van der Waals surface area (Å²) >= 11 is 0. The van der Waals surface area contributed by atoms with E-state index in [1.165, 1.54) is 25.7 Å². The second-order valence-corrected chi connectivity index (χ2v) is 4.43. The lowest BCUT2D eigenvalue weighted by Crippen LogP contribution is -2.15. The summed E-state index contributed by atoms with van der Waals surface area (Å²) in [5.74, 6) is 1.77. The molecule has 1 aromatic rings. The Bertz CT molecular complexity index is 311. The highest BCUT2D eigenvalue weighted by molar-refractivity contribution is 5.56. The zero-order chi connectivity index (χ0) is 10.7. The maximum Gasteiger partial charge on any atom is 0.145 e. The number of anilines is 1. The molecule has 0 bridgehead atoms. The molecule has 1 saturated carbocycles. The molecular weight excluding hydrogens is 186 g/mol. The largest absolute Gasteiger partial charge is 0.491 e. The second kappa shape index (κ2) is 4.56. The number of aryl methyl sites for hydroxylation is 1. The van der Waals surface area contributed by atoms with E-state index in [1.54, 1.807) is 0 Å². The first-order valence-corrected chi connectivity index (χ1v) is 5.75. The topological polar surface area (TPSA) is 35.2 Å². The lowest BCUT2D eigenvalue weighted by molar-refractivity contribution is 0.222. The molecule has 0 spiro atoms. The highest BCUT2D eigenvalue weighted by Crippen LogP contribution is 2.30. The van der Waals surface area contributed by atoms with Crippen molar-refractivity contribution in [2.45, 2.75) is 32.6 Å². The third-order valence-electron chi connectivity index (χ3n) is 3.24. The smallest absolute Gasteiger partial charge is 0.145 e. The van der Waals surface area contributed by atoms with E-state index in [0.29, 0.717) is 0 Å². The molecule has 0 radical (unpaired) electrons. The summed E-state index contributed by atoms with van der Waals surface area (Å²) in [5, 5.41) is 0. The van der Waals surface area contributed by atoms with Crippen molar-refractivity contribution in [2.24, 2.45) is 5.92 Å². The van der Waals surface area contributed by atoms with Gasteiger partial charge in [-0.3, -0.25) is 0 Å². The molecule has 2 N–H and O–H groups in total. The zero-order valence-corrected chi connectivity index (χ0v) is 9.33. The Balaban J connectivity index is 1.86. The van der Waals surface area contributed by atoms with Gasteiger partial charge in [-0.2, -0.15) is 0 Å². The first kappa shape index (κ1) is 10.3. The van der Waals surface area contributed by atoms with Crippen molar-refractivity contribution in [3.63, 3.8) is 0 Å². The second-order valence-electron chi connectivity index (χ2n) is 4.43. The lowest BCUT2D eigenvalue weighted by Gasteiger charge is -2.25. The number of benzene rings is 1. The molecule has 0 unspecified atom stereocenters. The normalized spacial score (nSPS) is 16.1. The van der Waals surface area contributed by atoms with Crippen LogP contribution in [-0.4, -0.2) is 6.61 Å². The minimum Gasteiger partial charge on any atom is -0.491 e. The molecule has 2 heteroatoms. The number of ether oxygens (including phenoxy) is 1. The molecule has 1 aliphatic carbocycles. The highest BCUT2D eigenvalue weighted by atomic mass is 16.5. The number of para-hydroxylation sites is 1. The number of nitrogens with two attached hydrogens (primary N) is 1. The summed E-state index contributed by atoms with van der Waals surface area (Å²) in [5.41, 5.74) is 7.74. The average Bonchev–Trinajstić information content (AvgIpc) is 2.13. The molecule has 1 aliphatic rings. The Morgan fingerprint density at radius 2 is 2.20 bits per heavy atom. The number of rotatable bonds is 4. The van der Waals surface area contributed by atoms with E-state index in [9.17, 15) is 0 Å². The van der Waals surface area contributed by atoms with Gasteiger partial charge in [-0.25, -0.2) is 0 Å². The van der Waals surface area contributed by atoms with Gasteiger partial charge in [-0.1, -0.05) is 31.4 Å². The SMILES string of the molecule is Cc1cccc(N)c1OCCC1CCC1. The van der Waals surface area contributed by atoms with Gasteiger partial charge >= 0.3 is 0 Å². The summed E-state index contributed by atoms with van der Waals surface area (Å²) in [6.45, 7) is 2.84. The molecule has 2 nitrogen and oxygen atoms in total. The van der Waals surface area contributed by atoms with Crippen LogP contribution < -0.4 is 10.5 Å². The van der Waals surface area contributed by atoms with E-state index in [4.69, 9.17) is 10.5 Å². The van der Waals surface area contributed by atoms with Crippen LogP contribution in [0.2, 0.25) is 0 Å². The van der Waals surface area contributed by atoms with Crippen LogP contribution in [0.25, 0.3) is 0 Å². The fourth-order valence-electron chi connectivity index (χ4n) is 1.98. The van der Waals surface area contributed by atoms with Gasteiger partial charge in [-0.05, 0) is 30.9 Å². The molecule has 0 saturated heterocycles. The van der Waals surface area contributed by atoms with Crippen LogP contribution in [0.1, 0.15) is 31.2 Å². The minimum absolute atomic E-state index is 0.753. The van der Waals surface area contributed by atoms with E-state index in [0.717, 1.165) is 29.5 Å². The summed E-state index contributed by atoms with van der Waals surface area (Å²) in [7, 11) is 0. The van der Waals surface area contributed by atoms with Crippen LogP contribution >= 0.6 is 0 Å². The van der Waals surface area contributed by atoms with E-state index in [-0.39, 0.29) is 0 Å². The minimum atomic E-state index is 0.753. The lowest BCUT2D eigenvalue weighted by atomic mass is 9.83. The Morgan fingerprint density at radius 3 is 2.80 bits per heavy atom. The molecule has 15 heavy (non-hydrogen) atoms. The zero-order valence-electron chi connectivity index (χ0n) is 9.33. The summed E-state index contributed by atoms with van der Waals surface area (Å²) < 4.78 is 5.75. The van der Waals surface area contributed by atoms with Crippen LogP contribution in [0.4, 0.5) is 5.69 Å². The predicted octanol–water partition coefficient (Wildman–Crippen LogP) is 3.15. The Hall–Kier alpha value is -1.18. The van der Waals surface area contributed by atoms with Crippen LogP contribution in [0.5, 0.6) is 5.75 Å². The molecule has 0 atom stereocenters.